The number of amides is 1. The van der Waals surface area contributed by atoms with Crippen LogP contribution in [0.3, 0.4) is 0 Å². The number of hydrogen-bond acceptors (Lipinski definition) is 2. The Morgan fingerprint density at radius 1 is 1.17 bits per heavy atom. The van der Waals surface area contributed by atoms with Gasteiger partial charge in [0.05, 0.1) is 11.5 Å². The molecule has 3 unspecified atom stereocenters. The van der Waals surface area contributed by atoms with E-state index in [2.05, 4.69) is 5.32 Å². The molecule has 1 aliphatic carbocycles. The van der Waals surface area contributed by atoms with Gasteiger partial charge in [-0.3, -0.25) is 4.79 Å². The lowest BCUT2D eigenvalue weighted by molar-refractivity contribution is -0.123. The number of halogens is 1. The standard InChI is InChI=1S/C14H24ClNO2/c15-12-6-1-2-7-13(12)16-14(17)9-8-11-5-3-4-10-18-11/h11-13H,1-10H2,(H,16,17). The quantitative estimate of drug-likeness (QED) is 0.800. The van der Waals surface area contributed by atoms with E-state index in [0.29, 0.717) is 12.5 Å². The molecule has 3 atom stereocenters. The molecular weight excluding hydrogens is 250 g/mol. The first kappa shape index (κ1) is 14.1. The van der Waals surface area contributed by atoms with E-state index in [1.165, 1.54) is 25.7 Å². The van der Waals surface area contributed by atoms with Gasteiger partial charge in [0.2, 0.25) is 5.91 Å². The molecule has 0 aromatic carbocycles. The van der Waals surface area contributed by atoms with Gasteiger partial charge in [0.1, 0.15) is 0 Å². The summed E-state index contributed by atoms with van der Waals surface area (Å²) >= 11 is 6.24. The van der Waals surface area contributed by atoms with E-state index in [1.807, 2.05) is 0 Å². The zero-order valence-corrected chi connectivity index (χ0v) is 11.8. The molecule has 1 aliphatic heterocycles. The van der Waals surface area contributed by atoms with Gasteiger partial charge in [-0.2, -0.15) is 0 Å². The lowest BCUT2D eigenvalue weighted by atomic mass is 9.94. The summed E-state index contributed by atoms with van der Waals surface area (Å²) in [4.78, 5) is 11.9. The molecule has 4 heteroatoms. The van der Waals surface area contributed by atoms with Gasteiger partial charge in [-0.1, -0.05) is 12.8 Å². The van der Waals surface area contributed by atoms with E-state index in [0.717, 1.165) is 32.3 Å². The van der Waals surface area contributed by atoms with E-state index < -0.39 is 0 Å². The minimum Gasteiger partial charge on any atom is -0.378 e. The van der Waals surface area contributed by atoms with Crippen LogP contribution in [0.2, 0.25) is 0 Å². The van der Waals surface area contributed by atoms with Gasteiger partial charge in [0.25, 0.3) is 0 Å². The third-order valence-electron chi connectivity index (χ3n) is 4.00. The van der Waals surface area contributed by atoms with Crippen molar-refractivity contribution in [3.05, 3.63) is 0 Å². The van der Waals surface area contributed by atoms with Gasteiger partial charge >= 0.3 is 0 Å². The van der Waals surface area contributed by atoms with E-state index in [4.69, 9.17) is 16.3 Å². The monoisotopic (exact) mass is 273 g/mol. The lowest BCUT2D eigenvalue weighted by Gasteiger charge is -2.28. The molecule has 0 spiro atoms. The molecule has 1 heterocycles. The van der Waals surface area contributed by atoms with Crippen LogP contribution in [-0.2, 0) is 9.53 Å². The molecule has 0 aromatic heterocycles. The topological polar surface area (TPSA) is 38.3 Å². The largest absolute Gasteiger partial charge is 0.378 e. The number of alkyl halides is 1. The number of hydrogen-bond donors (Lipinski definition) is 1. The SMILES string of the molecule is O=C(CCC1CCCCO1)NC1CCCCC1Cl. The summed E-state index contributed by atoms with van der Waals surface area (Å²) in [7, 11) is 0. The second-order valence-electron chi connectivity index (χ2n) is 5.50. The maximum Gasteiger partial charge on any atom is 0.220 e. The van der Waals surface area contributed by atoms with Crippen LogP contribution in [0.15, 0.2) is 0 Å². The molecule has 1 amide bonds. The predicted molar refractivity (Wildman–Crippen MR) is 72.9 cm³/mol. The number of rotatable bonds is 4. The van der Waals surface area contributed by atoms with Crippen molar-refractivity contribution in [3.8, 4) is 0 Å². The average molecular weight is 274 g/mol. The van der Waals surface area contributed by atoms with Crippen molar-refractivity contribution in [1.82, 2.24) is 5.32 Å². The summed E-state index contributed by atoms with van der Waals surface area (Å²) in [6.07, 6.45) is 9.65. The van der Waals surface area contributed by atoms with Crippen LogP contribution in [0.5, 0.6) is 0 Å². The minimum absolute atomic E-state index is 0.119. The number of nitrogens with one attached hydrogen (secondary N) is 1. The normalized spacial score (nSPS) is 33.1. The minimum atomic E-state index is 0.119. The van der Waals surface area contributed by atoms with Gasteiger partial charge < -0.3 is 10.1 Å². The highest BCUT2D eigenvalue weighted by Gasteiger charge is 2.24. The van der Waals surface area contributed by atoms with Crippen molar-refractivity contribution in [2.24, 2.45) is 0 Å². The fourth-order valence-corrected chi connectivity index (χ4v) is 3.20. The van der Waals surface area contributed by atoms with Crippen molar-refractivity contribution in [2.75, 3.05) is 6.61 Å². The molecule has 2 fully saturated rings. The first-order valence-electron chi connectivity index (χ1n) is 7.31. The van der Waals surface area contributed by atoms with Crippen LogP contribution in [0.25, 0.3) is 0 Å². The van der Waals surface area contributed by atoms with Gasteiger partial charge in [-0.05, 0) is 38.5 Å². The molecule has 1 saturated carbocycles. The number of carbonyl (C=O) groups excluding carboxylic acids is 1. The summed E-state index contributed by atoms with van der Waals surface area (Å²) in [5.41, 5.74) is 0. The highest BCUT2D eigenvalue weighted by Crippen LogP contribution is 2.23. The summed E-state index contributed by atoms with van der Waals surface area (Å²) in [6, 6.07) is 0.181. The molecule has 1 N–H and O–H groups in total. The predicted octanol–water partition coefficient (Wildman–Crippen LogP) is 3.00. The maximum atomic E-state index is 11.9. The van der Waals surface area contributed by atoms with Crippen LogP contribution >= 0.6 is 11.6 Å². The fraction of sp³-hybridized carbons (Fsp3) is 0.929. The Morgan fingerprint density at radius 2 is 1.94 bits per heavy atom. The summed E-state index contributed by atoms with van der Waals surface area (Å²) in [5, 5.41) is 3.20. The molecule has 0 radical (unpaired) electrons. The Kier molecular flexibility index (Phi) is 5.77. The van der Waals surface area contributed by atoms with E-state index in [9.17, 15) is 4.79 Å². The zero-order valence-electron chi connectivity index (χ0n) is 11.0. The molecule has 3 nitrogen and oxygen atoms in total. The van der Waals surface area contributed by atoms with Crippen molar-refractivity contribution < 1.29 is 9.53 Å². The number of carbonyl (C=O) groups is 1. The van der Waals surface area contributed by atoms with Crippen molar-refractivity contribution in [1.29, 1.82) is 0 Å². The Balaban J connectivity index is 1.64. The Labute approximate surface area is 115 Å². The van der Waals surface area contributed by atoms with Crippen LogP contribution in [0.4, 0.5) is 0 Å². The second-order valence-corrected chi connectivity index (χ2v) is 6.06. The van der Waals surface area contributed by atoms with Gasteiger partial charge in [0.15, 0.2) is 0 Å². The van der Waals surface area contributed by atoms with E-state index in [1.54, 1.807) is 0 Å². The van der Waals surface area contributed by atoms with Crippen molar-refractivity contribution in [3.63, 3.8) is 0 Å². The first-order chi connectivity index (χ1) is 8.75. The van der Waals surface area contributed by atoms with Gasteiger partial charge in [-0.25, -0.2) is 0 Å². The third kappa shape index (κ3) is 4.43. The Morgan fingerprint density at radius 3 is 2.67 bits per heavy atom. The van der Waals surface area contributed by atoms with Crippen molar-refractivity contribution in [2.45, 2.75) is 75.3 Å². The number of ether oxygens (including phenoxy) is 1. The summed E-state index contributed by atoms with van der Waals surface area (Å²) in [6.45, 7) is 0.860. The van der Waals surface area contributed by atoms with Gasteiger partial charge in [-0.15, -0.1) is 11.6 Å². The van der Waals surface area contributed by atoms with Gasteiger partial charge in [0, 0.05) is 19.1 Å². The molecule has 2 aliphatic rings. The fourth-order valence-electron chi connectivity index (χ4n) is 2.85. The molecule has 2 rings (SSSR count). The summed E-state index contributed by atoms with van der Waals surface area (Å²) < 4.78 is 5.63. The van der Waals surface area contributed by atoms with E-state index >= 15 is 0 Å². The van der Waals surface area contributed by atoms with Crippen molar-refractivity contribution >= 4 is 17.5 Å². The third-order valence-corrected chi connectivity index (χ3v) is 4.52. The zero-order chi connectivity index (χ0) is 12.8. The smallest absolute Gasteiger partial charge is 0.220 e. The van der Waals surface area contributed by atoms with E-state index in [-0.39, 0.29) is 17.3 Å². The maximum absolute atomic E-state index is 11.9. The first-order valence-corrected chi connectivity index (χ1v) is 7.74. The second kappa shape index (κ2) is 7.34. The van der Waals surface area contributed by atoms with Crippen LogP contribution < -0.4 is 5.32 Å². The molecule has 0 bridgehead atoms. The summed E-state index contributed by atoms with van der Waals surface area (Å²) in [5.74, 6) is 0.140. The molecule has 18 heavy (non-hydrogen) atoms. The van der Waals surface area contributed by atoms with Crippen LogP contribution in [0, 0.1) is 0 Å². The van der Waals surface area contributed by atoms with Crippen LogP contribution in [0.1, 0.15) is 57.8 Å². The highest BCUT2D eigenvalue weighted by molar-refractivity contribution is 6.21. The highest BCUT2D eigenvalue weighted by atomic mass is 35.5. The van der Waals surface area contributed by atoms with Crippen LogP contribution in [-0.4, -0.2) is 30.0 Å². The average Bonchev–Trinajstić information content (AvgIpc) is 2.40. The molecule has 104 valence electrons. The Hall–Kier alpha value is -0.280. The lowest BCUT2D eigenvalue weighted by Crippen LogP contribution is -2.43. The molecule has 1 saturated heterocycles. The Bertz CT molecular complexity index is 267. The molecule has 0 aromatic rings. The molecular formula is C14H24ClNO2.